The molecule has 23 heavy (non-hydrogen) atoms. The van der Waals surface area contributed by atoms with Gasteiger partial charge in [0.05, 0.1) is 12.6 Å². The lowest BCUT2D eigenvalue weighted by Crippen LogP contribution is -2.47. The van der Waals surface area contributed by atoms with E-state index in [0.717, 1.165) is 19.3 Å². The van der Waals surface area contributed by atoms with Crippen molar-refractivity contribution in [3.63, 3.8) is 0 Å². The first-order valence-corrected chi connectivity index (χ1v) is 8.08. The average molecular weight is 326 g/mol. The fourth-order valence-electron chi connectivity index (χ4n) is 2.70. The van der Waals surface area contributed by atoms with E-state index in [9.17, 15) is 4.79 Å². The molecule has 0 spiro atoms. The highest BCUT2D eigenvalue weighted by Gasteiger charge is 2.31. The number of urea groups is 1. The van der Waals surface area contributed by atoms with Gasteiger partial charge >= 0.3 is 6.03 Å². The number of amides is 2. The van der Waals surface area contributed by atoms with Gasteiger partial charge in [-0.15, -0.1) is 0 Å². The summed E-state index contributed by atoms with van der Waals surface area (Å²) in [5.41, 5.74) is 0. The van der Waals surface area contributed by atoms with Crippen LogP contribution in [0.1, 0.15) is 43.9 Å². The van der Waals surface area contributed by atoms with Crippen LogP contribution in [0.25, 0.3) is 0 Å². The smallest absolute Gasteiger partial charge is 0.315 e. The van der Waals surface area contributed by atoms with E-state index in [1.54, 1.807) is 14.0 Å². The van der Waals surface area contributed by atoms with Crippen LogP contribution in [0.3, 0.4) is 0 Å². The predicted molar refractivity (Wildman–Crippen MR) is 82.9 cm³/mol. The Morgan fingerprint density at radius 2 is 2.13 bits per heavy atom. The number of aromatic nitrogens is 2. The van der Waals surface area contributed by atoms with Gasteiger partial charge in [-0.1, -0.05) is 12.1 Å². The summed E-state index contributed by atoms with van der Waals surface area (Å²) in [4.78, 5) is 16.6. The zero-order valence-electron chi connectivity index (χ0n) is 14.0. The topological polar surface area (TPSA) is 98.5 Å². The number of nitrogens with one attached hydrogen (secondary N) is 2. The van der Waals surface area contributed by atoms with Crippen LogP contribution in [0, 0.1) is 12.8 Å². The number of methoxy groups -OCH3 is 1. The standard InChI is InChI=1S/C15H26N4O4/c1-4-12(9-21-3)17-15(20)18-13(11-5-7-22-8-6-11)14-16-10(2)19-23-14/h11-13H,4-9H2,1-3H3,(H2,17,18,20)/t12-,13-/m1/s1. The van der Waals surface area contributed by atoms with Crippen molar-refractivity contribution in [2.24, 2.45) is 5.92 Å². The maximum absolute atomic E-state index is 12.3. The molecule has 1 aromatic heterocycles. The normalized spacial score (nSPS) is 18.4. The number of rotatable bonds is 7. The third kappa shape index (κ3) is 5.18. The van der Waals surface area contributed by atoms with Crippen LogP contribution in [0.5, 0.6) is 0 Å². The monoisotopic (exact) mass is 326 g/mol. The molecule has 130 valence electrons. The first-order chi connectivity index (χ1) is 11.1. The Hall–Kier alpha value is -1.67. The quantitative estimate of drug-likeness (QED) is 0.789. The highest BCUT2D eigenvalue weighted by atomic mass is 16.5. The van der Waals surface area contributed by atoms with E-state index in [0.29, 0.717) is 31.5 Å². The second-order valence-electron chi connectivity index (χ2n) is 5.79. The molecule has 0 radical (unpaired) electrons. The summed E-state index contributed by atoms with van der Waals surface area (Å²) in [7, 11) is 1.62. The molecule has 2 rings (SSSR count). The minimum atomic E-state index is -0.305. The van der Waals surface area contributed by atoms with Crippen molar-refractivity contribution >= 4 is 6.03 Å². The van der Waals surface area contributed by atoms with Crippen LogP contribution in [-0.4, -0.2) is 49.1 Å². The summed E-state index contributed by atoms with van der Waals surface area (Å²) in [5.74, 6) is 1.23. The van der Waals surface area contributed by atoms with E-state index in [1.165, 1.54) is 0 Å². The molecule has 2 atom stereocenters. The SMILES string of the molecule is CC[C@H](COC)NC(=O)N[C@@H](c1nc(C)no1)C1CCOCC1. The lowest BCUT2D eigenvalue weighted by molar-refractivity contribution is 0.0501. The van der Waals surface area contributed by atoms with Crippen LogP contribution >= 0.6 is 0 Å². The summed E-state index contributed by atoms with van der Waals surface area (Å²) in [6.07, 6.45) is 2.49. The molecule has 1 fully saturated rings. The molecule has 0 bridgehead atoms. The Labute approximate surface area is 136 Å². The molecule has 1 aliphatic heterocycles. The fourth-order valence-corrected chi connectivity index (χ4v) is 2.70. The van der Waals surface area contributed by atoms with E-state index in [1.807, 2.05) is 6.92 Å². The zero-order chi connectivity index (χ0) is 16.7. The summed E-state index contributed by atoms with van der Waals surface area (Å²) < 4.78 is 15.8. The van der Waals surface area contributed by atoms with Gasteiger partial charge in [-0.05, 0) is 32.1 Å². The summed E-state index contributed by atoms with van der Waals surface area (Å²) in [6.45, 7) is 5.60. The molecule has 0 aromatic carbocycles. The van der Waals surface area contributed by atoms with Gasteiger partial charge in [0.2, 0.25) is 5.89 Å². The molecule has 0 aliphatic carbocycles. The van der Waals surface area contributed by atoms with E-state index in [4.69, 9.17) is 14.0 Å². The Morgan fingerprint density at radius 3 is 2.70 bits per heavy atom. The van der Waals surface area contributed by atoms with Crippen LogP contribution in [0.15, 0.2) is 4.52 Å². The van der Waals surface area contributed by atoms with Gasteiger partial charge in [-0.3, -0.25) is 0 Å². The van der Waals surface area contributed by atoms with Crippen molar-refractivity contribution in [3.8, 4) is 0 Å². The first kappa shape index (κ1) is 17.7. The maximum atomic E-state index is 12.3. The number of hydrogen-bond donors (Lipinski definition) is 2. The molecule has 8 heteroatoms. The van der Waals surface area contributed by atoms with Gasteiger partial charge in [0.25, 0.3) is 0 Å². The predicted octanol–water partition coefficient (Wildman–Crippen LogP) is 1.57. The van der Waals surface area contributed by atoms with E-state index in [2.05, 4.69) is 20.8 Å². The molecule has 8 nitrogen and oxygen atoms in total. The molecule has 0 saturated carbocycles. The number of hydrogen-bond acceptors (Lipinski definition) is 6. The Morgan fingerprint density at radius 1 is 1.39 bits per heavy atom. The van der Waals surface area contributed by atoms with Gasteiger partial charge < -0.3 is 24.6 Å². The number of nitrogens with zero attached hydrogens (tertiary/aromatic N) is 2. The Bertz CT molecular complexity index is 488. The van der Waals surface area contributed by atoms with E-state index < -0.39 is 0 Å². The Balaban J connectivity index is 2.03. The van der Waals surface area contributed by atoms with Crippen molar-refractivity contribution in [2.45, 2.75) is 45.2 Å². The van der Waals surface area contributed by atoms with E-state index in [-0.39, 0.29) is 24.0 Å². The molecule has 1 saturated heterocycles. The third-order valence-corrected chi connectivity index (χ3v) is 4.03. The van der Waals surface area contributed by atoms with Crippen LogP contribution in [0.2, 0.25) is 0 Å². The number of ether oxygens (including phenoxy) is 2. The summed E-state index contributed by atoms with van der Waals surface area (Å²) in [5, 5.41) is 9.74. The average Bonchev–Trinajstić information content (AvgIpc) is 2.99. The minimum Gasteiger partial charge on any atom is -0.383 e. The van der Waals surface area contributed by atoms with Gasteiger partial charge in [-0.25, -0.2) is 4.79 Å². The summed E-state index contributed by atoms with van der Waals surface area (Å²) >= 11 is 0. The van der Waals surface area contributed by atoms with E-state index >= 15 is 0 Å². The molecule has 2 N–H and O–H groups in total. The number of carbonyl (C=O) groups is 1. The second kappa shape index (κ2) is 8.83. The van der Waals surface area contributed by atoms with Crippen molar-refractivity contribution in [2.75, 3.05) is 26.9 Å². The lowest BCUT2D eigenvalue weighted by Gasteiger charge is -2.29. The third-order valence-electron chi connectivity index (χ3n) is 4.03. The highest BCUT2D eigenvalue weighted by molar-refractivity contribution is 5.74. The summed E-state index contributed by atoms with van der Waals surface area (Å²) in [6, 6.07) is -0.582. The molecule has 1 aliphatic rings. The lowest BCUT2D eigenvalue weighted by atomic mass is 9.91. The van der Waals surface area contributed by atoms with Gasteiger partial charge in [-0.2, -0.15) is 4.98 Å². The van der Waals surface area contributed by atoms with Crippen molar-refractivity contribution in [1.29, 1.82) is 0 Å². The van der Waals surface area contributed by atoms with Gasteiger partial charge in [0, 0.05) is 20.3 Å². The zero-order valence-corrected chi connectivity index (χ0v) is 14.0. The van der Waals surface area contributed by atoms with Crippen molar-refractivity contribution < 1.29 is 18.8 Å². The van der Waals surface area contributed by atoms with Gasteiger partial charge in [0.15, 0.2) is 5.82 Å². The number of aryl methyl sites for hydroxylation is 1. The number of carbonyl (C=O) groups excluding carboxylic acids is 1. The Kier molecular flexibility index (Phi) is 6.79. The molecule has 2 heterocycles. The van der Waals surface area contributed by atoms with Crippen LogP contribution in [0.4, 0.5) is 4.79 Å². The van der Waals surface area contributed by atoms with Crippen LogP contribution < -0.4 is 10.6 Å². The highest BCUT2D eigenvalue weighted by Crippen LogP contribution is 2.29. The van der Waals surface area contributed by atoms with Gasteiger partial charge in [0.1, 0.15) is 6.04 Å². The second-order valence-corrected chi connectivity index (χ2v) is 5.79. The molecule has 0 unspecified atom stereocenters. The largest absolute Gasteiger partial charge is 0.383 e. The maximum Gasteiger partial charge on any atom is 0.315 e. The molecule has 1 aromatic rings. The fraction of sp³-hybridized carbons (Fsp3) is 0.800. The van der Waals surface area contributed by atoms with Crippen LogP contribution in [-0.2, 0) is 9.47 Å². The van der Waals surface area contributed by atoms with Crippen molar-refractivity contribution in [1.82, 2.24) is 20.8 Å². The first-order valence-electron chi connectivity index (χ1n) is 8.08. The van der Waals surface area contributed by atoms with Crippen molar-refractivity contribution in [3.05, 3.63) is 11.7 Å². The minimum absolute atomic E-state index is 0.0280. The molecule has 2 amide bonds. The molecular weight excluding hydrogens is 300 g/mol. The molecular formula is C15H26N4O4.